The monoisotopic (exact) mass is 339 g/mol. The second-order valence-corrected chi connectivity index (χ2v) is 5.88. The zero-order valence-corrected chi connectivity index (χ0v) is 13.5. The molecule has 0 bridgehead atoms. The van der Waals surface area contributed by atoms with Crippen molar-refractivity contribution in [1.29, 1.82) is 5.26 Å². The highest BCUT2D eigenvalue weighted by atomic mass is 32.1. The zero-order chi connectivity index (χ0) is 17.3. The number of pyridine rings is 1. The second-order valence-electron chi connectivity index (χ2n) is 4.88. The van der Waals surface area contributed by atoms with Crippen LogP contribution >= 0.6 is 11.3 Å². The van der Waals surface area contributed by atoms with Gasteiger partial charge in [-0.2, -0.15) is 5.26 Å². The molecule has 1 aromatic carbocycles. The number of thiophene rings is 1. The second kappa shape index (κ2) is 6.06. The molecule has 0 fully saturated rings. The Kier molecular flexibility index (Phi) is 3.93. The van der Waals surface area contributed by atoms with E-state index < -0.39 is 0 Å². The SMILES string of the molecule is COc1ccccc1NC(=O)c1sc2nc(N)c(C#N)cc2c1N. The summed E-state index contributed by atoms with van der Waals surface area (Å²) in [6.07, 6.45) is 0. The van der Waals surface area contributed by atoms with Crippen LogP contribution in [0.3, 0.4) is 0 Å². The quantitative estimate of drug-likeness (QED) is 0.673. The number of carbonyl (C=O) groups is 1. The molecule has 5 N–H and O–H groups in total. The maximum atomic E-state index is 12.6. The molecule has 120 valence electrons. The number of nitrogens with two attached hydrogens (primary N) is 2. The lowest BCUT2D eigenvalue weighted by Gasteiger charge is -2.09. The molecule has 1 amide bonds. The number of nitrogens with zero attached hydrogens (tertiary/aromatic N) is 2. The first-order chi connectivity index (χ1) is 11.5. The van der Waals surface area contributed by atoms with E-state index in [-0.39, 0.29) is 23.0 Å². The van der Waals surface area contributed by atoms with Gasteiger partial charge in [0.15, 0.2) is 0 Å². The van der Waals surface area contributed by atoms with Crippen LogP contribution in [0.15, 0.2) is 30.3 Å². The van der Waals surface area contributed by atoms with Gasteiger partial charge in [0.2, 0.25) is 0 Å². The average Bonchev–Trinajstić information content (AvgIpc) is 2.90. The number of aromatic nitrogens is 1. The van der Waals surface area contributed by atoms with Crippen LogP contribution in [0.5, 0.6) is 5.75 Å². The summed E-state index contributed by atoms with van der Waals surface area (Å²) in [5.41, 5.74) is 12.8. The first-order valence-corrected chi connectivity index (χ1v) is 7.69. The summed E-state index contributed by atoms with van der Waals surface area (Å²) in [7, 11) is 1.52. The summed E-state index contributed by atoms with van der Waals surface area (Å²) >= 11 is 1.12. The maximum Gasteiger partial charge on any atom is 0.268 e. The van der Waals surface area contributed by atoms with Gasteiger partial charge in [-0.25, -0.2) is 4.98 Å². The Labute approximate surface area is 141 Å². The van der Waals surface area contributed by atoms with Gasteiger partial charge in [0.1, 0.15) is 27.3 Å². The van der Waals surface area contributed by atoms with E-state index in [1.807, 2.05) is 6.07 Å². The van der Waals surface area contributed by atoms with Crippen LogP contribution < -0.4 is 21.5 Å². The first kappa shape index (κ1) is 15.6. The number of hydrogen-bond donors (Lipinski definition) is 3. The van der Waals surface area contributed by atoms with E-state index in [9.17, 15) is 4.79 Å². The molecule has 0 atom stereocenters. The van der Waals surface area contributed by atoms with Crippen molar-refractivity contribution in [3.63, 3.8) is 0 Å². The molecule has 8 heteroatoms. The highest BCUT2D eigenvalue weighted by molar-refractivity contribution is 7.21. The fraction of sp³-hybridized carbons (Fsp3) is 0.0625. The number of fused-ring (bicyclic) bond motifs is 1. The fourth-order valence-electron chi connectivity index (χ4n) is 2.24. The molecule has 24 heavy (non-hydrogen) atoms. The maximum absolute atomic E-state index is 12.6. The smallest absolute Gasteiger partial charge is 0.268 e. The lowest BCUT2D eigenvalue weighted by atomic mass is 10.2. The minimum atomic E-state index is -0.378. The van der Waals surface area contributed by atoms with Crippen LogP contribution in [-0.2, 0) is 0 Å². The number of benzene rings is 1. The summed E-state index contributed by atoms with van der Waals surface area (Å²) in [6, 6.07) is 10.6. The van der Waals surface area contributed by atoms with E-state index in [0.29, 0.717) is 26.5 Å². The Morgan fingerprint density at radius 1 is 1.38 bits per heavy atom. The van der Waals surface area contributed by atoms with Crippen molar-refractivity contribution in [2.75, 3.05) is 23.9 Å². The predicted octanol–water partition coefficient (Wildman–Crippen LogP) is 2.59. The summed E-state index contributed by atoms with van der Waals surface area (Å²) in [5.74, 6) is 0.277. The summed E-state index contributed by atoms with van der Waals surface area (Å²) < 4.78 is 5.21. The third-order valence-electron chi connectivity index (χ3n) is 3.43. The number of para-hydroxylation sites is 2. The number of methoxy groups -OCH3 is 1. The number of hydrogen-bond acceptors (Lipinski definition) is 7. The highest BCUT2D eigenvalue weighted by Crippen LogP contribution is 2.35. The van der Waals surface area contributed by atoms with Crippen molar-refractivity contribution in [2.24, 2.45) is 0 Å². The van der Waals surface area contributed by atoms with Crippen LogP contribution in [0.25, 0.3) is 10.2 Å². The molecule has 2 aromatic heterocycles. The molecule has 0 saturated carbocycles. The average molecular weight is 339 g/mol. The van der Waals surface area contributed by atoms with E-state index in [1.54, 1.807) is 30.3 Å². The number of anilines is 3. The van der Waals surface area contributed by atoms with Crippen LogP contribution in [-0.4, -0.2) is 18.0 Å². The minimum absolute atomic E-state index is 0.114. The third kappa shape index (κ3) is 2.57. The fourth-order valence-corrected chi connectivity index (χ4v) is 3.22. The van der Waals surface area contributed by atoms with E-state index in [1.165, 1.54) is 7.11 Å². The Bertz CT molecular complexity index is 990. The zero-order valence-electron chi connectivity index (χ0n) is 12.7. The van der Waals surface area contributed by atoms with Crippen molar-refractivity contribution in [3.8, 4) is 11.8 Å². The van der Waals surface area contributed by atoms with Crippen molar-refractivity contribution in [3.05, 3.63) is 40.8 Å². The van der Waals surface area contributed by atoms with E-state index in [0.717, 1.165) is 11.3 Å². The third-order valence-corrected chi connectivity index (χ3v) is 4.55. The van der Waals surface area contributed by atoms with Gasteiger partial charge in [0, 0.05) is 5.39 Å². The molecule has 0 radical (unpaired) electrons. The van der Waals surface area contributed by atoms with Crippen LogP contribution in [0, 0.1) is 11.3 Å². The Balaban J connectivity index is 2.01. The van der Waals surface area contributed by atoms with Crippen LogP contribution in [0.2, 0.25) is 0 Å². The van der Waals surface area contributed by atoms with Gasteiger partial charge in [-0.15, -0.1) is 11.3 Å². The van der Waals surface area contributed by atoms with Crippen molar-refractivity contribution >= 4 is 44.7 Å². The summed E-state index contributed by atoms with van der Waals surface area (Å²) in [4.78, 5) is 17.5. The topological polar surface area (TPSA) is 127 Å². The van der Waals surface area contributed by atoms with Gasteiger partial charge in [-0.1, -0.05) is 12.1 Å². The highest BCUT2D eigenvalue weighted by Gasteiger charge is 2.19. The Hall–Kier alpha value is -3.31. The molecule has 3 aromatic rings. The molecule has 0 saturated heterocycles. The Morgan fingerprint density at radius 2 is 2.12 bits per heavy atom. The normalized spacial score (nSPS) is 10.3. The van der Waals surface area contributed by atoms with Crippen molar-refractivity contribution < 1.29 is 9.53 Å². The van der Waals surface area contributed by atoms with Gasteiger partial charge >= 0.3 is 0 Å². The lowest BCUT2D eigenvalue weighted by Crippen LogP contribution is -2.12. The molecule has 7 nitrogen and oxygen atoms in total. The molecule has 2 heterocycles. The number of ether oxygens (including phenoxy) is 1. The van der Waals surface area contributed by atoms with E-state index in [4.69, 9.17) is 21.5 Å². The minimum Gasteiger partial charge on any atom is -0.495 e. The molecular weight excluding hydrogens is 326 g/mol. The Morgan fingerprint density at radius 3 is 2.83 bits per heavy atom. The summed E-state index contributed by atoms with van der Waals surface area (Å²) in [6.45, 7) is 0. The number of nitrogens with one attached hydrogen (secondary N) is 1. The van der Waals surface area contributed by atoms with E-state index >= 15 is 0 Å². The summed E-state index contributed by atoms with van der Waals surface area (Å²) in [5, 5.41) is 12.3. The lowest BCUT2D eigenvalue weighted by molar-refractivity contribution is 0.103. The molecule has 0 spiro atoms. The predicted molar refractivity (Wildman–Crippen MR) is 94.1 cm³/mol. The molecule has 0 aliphatic rings. The van der Waals surface area contributed by atoms with Crippen molar-refractivity contribution in [2.45, 2.75) is 0 Å². The molecule has 0 aliphatic carbocycles. The van der Waals surface area contributed by atoms with Gasteiger partial charge in [0.05, 0.1) is 24.0 Å². The van der Waals surface area contributed by atoms with Gasteiger partial charge < -0.3 is 21.5 Å². The number of carbonyl (C=O) groups excluding carboxylic acids is 1. The number of nitrogen functional groups attached to an aromatic ring is 2. The standard InChI is InChI=1S/C16H13N5O2S/c1-23-11-5-3-2-4-10(11)20-15(22)13-12(18)9-6-8(7-17)14(19)21-16(9)24-13/h2-6H,18H2,1H3,(H2,19,21)(H,20,22). The molecule has 0 aliphatic heterocycles. The molecule has 0 unspecified atom stereocenters. The molecular formula is C16H13N5O2S. The molecule has 3 rings (SSSR count). The first-order valence-electron chi connectivity index (χ1n) is 6.88. The van der Waals surface area contributed by atoms with Crippen molar-refractivity contribution in [1.82, 2.24) is 4.98 Å². The number of nitriles is 1. The van der Waals surface area contributed by atoms with E-state index in [2.05, 4.69) is 10.3 Å². The van der Waals surface area contributed by atoms with Gasteiger partial charge in [0.25, 0.3) is 5.91 Å². The van der Waals surface area contributed by atoms with Crippen LogP contribution in [0.4, 0.5) is 17.2 Å². The number of rotatable bonds is 3. The number of amides is 1. The van der Waals surface area contributed by atoms with Gasteiger partial charge in [-0.05, 0) is 18.2 Å². The van der Waals surface area contributed by atoms with Crippen LogP contribution in [0.1, 0.15) is 15.2 Å². The largest absolute Gasteiger partial charge is 0.495 e. The van der Waals surface area contributed by atoms with Gasteiger partial charge in [-0.3, -0.25) is 4.79 Å².